The molecule has 72 valence electrons. The zero-order chi connectivity index (χ0) is 9.97. The fraction of sp³-hybridized carbons (Fsp3) is 0.182. The molecule has 0 fully saturated rings. The number of aliphatic hydroxyl groups excluding tert-OH is 1. The molecule has 0 amide bonds. The highest BCUT2D eigenvalue weighted by Gasteiger charge is 2.05. The van der Waals surface area contributed by atoms with Gasteiger partial charge in [-0.3, -0.25) is 4.98 Å². The Kier molecular flexibility index (Phi) is 2.33. The van der Waals surface area contributed by atoms with Crippen molar-refractivity contribution in [3.8, 4) is 5.75 Å². The molecule has 1 heterocycles. The lowest BCUT2D eigenvalue weighted by Gasteiger charge is -2.07. The van der Waals surface area contributed by atoms with Gasteiger partial charge in [-0.1, -0.05) is 6.07 Å². The van der Waals surface area contributed by atoms with E-state index in [-0.39, 0.29) is 6.61 Å². The molecule has 0 spiro atoms. The Morgan fingerprint density at radius 2 is 2.21 bits per heavy atom. The lowest BCUT2D eigenvalue weighted by molar-refractivity contribution is 0.283. The van der Waals surface area contributed by atoms with E-state index in [1.54, 1.807) is 13.3 Å². The molecule has 0 saturated carbocycles. The Labute approximate surface area is 82.0 Å². The summed E-state index contributed by atoms with van der Waals surface area (Å²) in [6.07, 6.45) is 1.71. The highest BCUT2D eigenvalue weighted by Crippen LogP contribution is 2.26. The van der Waals surface area contributed by atoms with Crippen LogP contribution in [0.15, 0.2) is 30.5 Å². The van der Waals surface area contributed by atoms with Crippen LogP contribution in [0.2, 0.25) is 0 Å². The van der Waals surface area contributed by atoms with Gasteiger partial charge >= 0.3 is 0 Å². The van der Waals surface area contributed by atoms with Crippen molar-refractivity contribution in [2.24, 2.45) is 0 Å². The van der Waals surface area contributed by atoms with Crippen LogP contribution < -0.4 is 4.74 Å². The molecule has 0 saturated heterocycles. The number of nitrogens with zero attached hydrogens (tertiary/aromatic N) is 1. The van der Waals surface area contributed by atoms with Gasteiger partial charge in [0.1, 0.15) is 5.75 Å². The van der Waals surface area contributed by atoms with E-state index in [1.165, 1.54) is 0 Å². The van der Waals surface area contributed by atoms with Crippen molar-refractivity contribution in [2.75, 3.05) is 7.11 Å². The lowest BCUT2D eigenvalue weighted by Crippen LogP contribution is -1.91. The first-order valence-corrected chi connectivity index (χ1v) is 4.38. The third-order valence-corrected chi connectivity index (χ3v) is 2.20. The molecule has 0 aliphatic rings. The number of fused-ring (bicyclic) bond motifs is 1. The number of hydrogen-bond acceptors (Lipinski definition) is 3. The largest absolute Gasteiger partial charge is 0.496 e. The summed E-state index contributed by atoms with van der Waals surface area (Å²) in [6.45, 7) is -0.00247. The van der Waals surface area contributed by atoms with E-state index in [0.717, 1.165) is 22.2 Å². The van der Waals surface area contributed by atoms with Crippen LogP contribution in [0, 0.1) is 0 Å². The van der Waals surface area contributed by atoms with Crippen LogP contribution in [0.3, 0.4) is 0 Å². The summed E-state index contributed by atoms with van der Waals surface area (Å²) in [6, 6.07) is 7.45. The number of pyridine rings is 1. The van der Waals surface area contributed by atoms with E-state index in [9.17, 15) is 0 Å². The molecule has 0 aliphatic heterocycles. The van der Waals surface area contributed by atoms with Crippen LogP contribution in [-0.2, 0) is 6.61 Å². The molecule has 2 rings (SSSR count). The second kappa shape index (κ2) is 3.64. The van der Waals surface area contributed by atoms with E-state index in [0.29, 0.717) is 0 Å². The summed E-state index contributed by atoms with van der Waals surface area (Å²) in [4.78, 5) is 4.22. The maximum absolute atomic E-state index is 9.12. The molecule has 1 N–H and O–H groups in total. The van der Waals surface area contributed by atoms with E-state index >= 15 is 0 Å². The smallest absolute Gasteiger partial charge is 0.128 e. The Morgan fingerprint density at radius 3 is 2.93 bits per heavy atom. The SMILES string of the molecule is COc1ccc(CO)c2ncccc12. The van der Waals surface area contributed by atoms with Gasteiger partial charge < -0.3 is 9.84 Å². The minimum absolute atomic E-state index is 0.00247. The van der Waals surface area contributed by atoms with Crippen molar-refractivity contribution in [1.29, 1.82) is 0 Å². The molecule has 0 aliphatic carbocycles. The molecule has 0 atom stereocenters. The quantitative estimate of drug-likeness (QED) is 0.782. The molecular weight excluding hydrogens is 178 g/mol. The highest BCUT2D eigenvalue weighted by atomic mass is 16.5. The van der Waals surface area contributed by atoms with Gasteiger partial charge in [-0.25, -0.2) is 0 Å². The monoisotopic (exact) mass is 189 g/mol. The molecule has 0 radical (unpaired) electrons. The van der Waals surface area contributed by atoms with Gasteiger partial charge in [-0.2, -0.15) is 0 Å². The van der Waals surface area contributed by atoms with Crippen molar-refractivity contribution in [2.45, 2.75) is 6.61 Å². The molecular formula is C11H11NO2. The van der Waals surface area contributed by atoms with Gasteiger partial charge in [0.15, 0.2) is 0 Å². The summed E-state index contributed by atoms with van der Waals surface area (Å²) in [5.74, 6) is 0.783. The highest BCUT2D eigenvalue weighted by molar-refractivity contribution is 5.87. The average Bonchev–Trinajstić information content (AvgIpc) is 2.27. The zero-order valence-electron chi connectivity index (χ0n) is 7.90. The number of rotatable bonds is 2. The molecule has 14 heavy (non-hydrogen) atoms. The van der Waals surface area contributed by atoms with Gasteiger partial charge in [-0.15, -0.1) is 0 Å². The summed E-state index contributed by atoms with van der Waals surface area (Å²) >= 11 is 0. The first-order valence-electron chi connectivity index (χ1n) is 4.38. The van der Waals surface area contributed by atoms with E-state index < -0.39 is 0 Å². The van der Waals surface area contributed by atoms with Gasteiger partial charge in [-0.05, 0) is 18.2 Å². The van der Waals surface area contributed by atoms with E-state index in [1.807, 2.05) is 24.3 Å². The average molecular weight is 189 g/mol. The minimum atomic E-state index is -0.00247. The van der Waals surface area contributed by atoms with Gasteiger partial charge in [0.2, 0.25) is 0 Å². The topological polar surface area (TPSA) is 42.4 Å². The number of aromatic nitrogens is 1. The third kappa shape index (κ3) is 1.32. The summed E-state index contributed by atoms with van der Waals surface area (Å²) in [5, 5.41) is 10.1. The lowest BCUT2D eigenvalue weighted by atomic mass is 10.1. The second-order valence-corrected chi connectivity index (χ2v) is 2.98. The van der Waals surface area contributed by atoms with Gasteiger partial charge in [0, 0.05) is 17.1 Å². The minimum Gasteiger partial charge on any atom is -0.496 e. The number of methoxy groups -OCH3 is 1. The Morgan fingerprint density at radius 1 is 1.36 bits per heavy atom. The molecule has 3 nitrogen and oxygen atoms in total. The maximum atomic E-state index is 9.12. The standard InChI is InChI=1S/C11H11NO2/c1-14-10-5-4-8(7-13)11-9(10)3-2-6-12-11/h2-6,13H,7H2,1H3. The Hall–Kier alpha value is -1.61. The van der Waals surface area contributed by atoms with Gasteiger partial charge in [0.05, 0.1) is 19.2 Å². The van der Waals surface area contributed by atoms with Crippen LogP contribution in [0.25, 0.3) is 10.9 Å². The van der Waals surface area contributed by atoms with Crippen molar-refractivity contribution in [1.82, 2.24) is 4.98 Å². The first-order chi connectivity index (χ1) is 6.86. The Balaban J connectivity index is 2.78. The summed E-state index contributed by atoms with van der Waals surface area (Å²) < 4.78 is 5.21. The zero-order valence-corrected chi connectivity index (χ0v) is 7.90. The first kappa shape index (κ1) is 8.97. The van der Waals surface area contributed by atoms with Crippen LogP contribution in [-0.4, -0.2) is 17.2 Å². The normalized spacial score (nSPS) is 10.4. The van der Waals surface area contributed by atoms with Crippen LogP contribution in [0.4, 0.5) is 0 Å². The summed E-state index contributed by atoms with van der Waals surface area (Å²) in [5.41, 5.74) is 1.62. The predicted octanol–water partition coefficient (Wildman–Crippen LogP) is 1.74. The fourth-order valence-corrected chi connectivity index (χ4v) is 1.51. The second-order valence-electron chi connectivity index (χ2n) is 2.98. The number of aliphatic hydroxyl groups is 1. The summed E-state index contributed by atoms with van der Waals surface area (Å²) in [7, 11) is 1.63. The molecule has 3 heteroatoms. The molecule has 0 bridgehead atoms. The fourth-order valence-electron chi connectivity index (χ4n) is 1.51. The Bertz CT molecular complexity index is 411. The van der Waals surface area contributed by atoms with E-state index in [4.69, 9.17) is 9.84 Å². The molecule has 1 aromatic heterocycles. The third-order valence-electron chi connectivity index (χ3n) is 2.20. The van der Waals surface area contributed by atoms with Crippen LogP contribution in [0.1, 0.15) is 5.56 Å². The number of ether oxygens (including phenoxy) is 1. The van der Waals surface area contributed by atoms with Crippen molar-refractivity contribution in [3.63, 3.8) is 0 Å². The van der Waals surface area contributed by atoms with Crippen molar-refractivity contribution in [3.05, 3.63) is 36.0 Å². The number of benzene rings is 1. The number of hydrogen-bond donors (Lipinski definition) is 1. The van der Waals surface area contributed by atoms with E-state index in [2.05, 4.69) is 4.98 Å². The molecule has 0 unspecified atom stereocenters. The van der Waals surface area contributed by atoms with Crippen LogP contribution >= 0.6 is 0 Å². The molecule has 2 aromatic rings. The van der Waals surface area contributed by atoms with Crippen molar-refractivity contribution < 1.29 is 9.84 Å². The van der Waals surface area contributed by atoms with Gasteiger partial charge in [0.25, 0.3) is 0 Å². The predicted molar refractivity (Wildman–Crippen MR) is 54.2 cm³/mol. The maximum Gasteiger partial charge on any atom is 0.128 e. The van der Waals surface area contributed by atoms with Crippen molar-refractivity contribution >= 4 is 10.9 Å². The van der Waals surface area contributed by atoms with Crippen LogP contribution in [0.5, 0.6) is 5.75 Å². The molecule has 1 aromatic carbocycles.